The van der Waals surface area contributed by atoms with Crippen LogP contribution in [0.5, 0.6) is 0 Å². The van der Waals surface area contributed by atoms with Gasteiger partial charge in [0.2, 0.25) is 0 Å². The highest BCUT2D eigenvalue weighted by Gasteiger charge is 2.33. The number of hydrogen-bond donors (Lipinski definition) is 1. The Bertz CT molecular complexity index is 1150. The van der Waals surface area contributed by atoms with Gasteiger partial charge in [0.25, 0.3) is 5.69 Å². The number of Topliss-reactive ketones (excluding diaryl/α,β-unsaturated/α-hetero) is 2. The van der Waals surface area contributed by atoms with Crippen LogP contribution in [0, 0.1) is 21.4 Å². The van der Waals surface area contributed by atoms with Crippen LogP contribution < -0.4 is 5.32 Å². The number of benzene rings is 1. The van der Waals surface area contributed by atoms with Crippen molar-refractivity contribution in [2.45, 2.75) is 19.8 Å². The first-order valence-corrected chi connectivity index (χ1v) is 10.3. The summed E-state index contributed by atoms with van der Waals surface area (Å²) in [5, 5.41) is 24.2. The van der Waals surface area contributed by atoms with Gasteiger partial charge in [-0.1, -0.05) is 17.8 Å². The molecule has 1 N–H and O–H groups in total. The third kappa shape index (κ3) is 4.70. The van der Waals surface area contributed by atoms with E-state index in [1.165, 1.54) is 31.2 Å². The summed E-state index contributed by atoms with van der Waals surface area (Å²) in [5.41, 5.74) is 2.40. The summed E-state index contributed by atoms with van der Waals surface area (Å²) in [4.78, 5) is 39.3. The molecule has 9 heteroatoms. The van der Waals surface area contributed by atoms with Gasteiger partial charge >= 0.3 is 0 Å². The molecule has 1 aromatic carbocycles. The van der Waals surface area contributed by atoms with E-state index in [1.54, 1.807) is 31.5 Å². The third-order valence-corrected chi connectivity index (χ3v) is 5.81. The molecule has 0 radical (unpaired) electrons. The Kier molecular flexibility index (Phi) is 6.62. The number of nitro benzene ring substituents is 1. The molecule has 0 fully saturated rings. The fourth-order valence-electron chi connectivity index (χ4n) is 3.36. The van der Waals surface area contributed by atoms with Gasteiger partial charge in [0.15, 0.2) is 11.6 Å². The van der Waals surface area contributed by atoms with Crippen molar-refractivity contribution in [3.63, 3.8) is 0 Å². The van der Waals surface area contributed by atoms with Crippen molar-refractivity contribution in [2.24, 2.45) is 0 Å². The first-order valence-electron chi connectivity index (χ1n) is 9.26. The number of allylic oxidation sites excluding steroid dienone is 3. The van der Waals surface area contributed by atoms with Gasteiger partial charge in [-0.3, -0.25) is 24.7 Å². The Balaban J connectivity index is 1.89. The van der Waals surface area contributed by atoms with Gasteiger partial charge in [-0.25, -0.2) is 0 Å². The van der Waals surface area contributed by atoms with Gasteiger partial charge in [-0.05, 0) is 37.6 Å². The molecule has 1 atom stereocenters. The summed E-state index contributed by atoms with van der Waals surface area (Å²) < 4.78 is 0. The summed E-state index contributed by atoms with van der Waals surface area (Å²) in [6.07, 6.45) is 3.23. The molecule has 2 aromatic rings. The molecule has 0 saturated carbocycles. The predicted octanol–water partition coefficient (Wildman–Crippen LogP) is 3.89. The normalized spacial score (nSPS) is 15.8. The molecule has 0 amide bonds. The van der Waals surface area contributed by atoms with Crippen molar-refractivity contribution < 1.29 is 14.5 Å². The molecule has 8 nitrogen and oxygen atoms in total. The van der Waals surface area contributed by atoms with Crippen molar-refractivity contribution in [1.82, 2.24) is 10.3 Å². The molecule has 0 aliphatic carbocycles. The van der Waals surface area contributed by atoms with Gasteiger partial charge in [0.05, 0.1) is 33.3 Å². The molecule has 0 spiro atoms. The van der Waals surface area contributed by atoms with Crippen molar-refractivity contribution in [1.29, 1.82) is 5.26 Å². The molecule has 0 bridgehead atoms. The minimum atomic E-state index is -0.575. The maximum atomic E-state index is 12.6. The molecular weight excluding hydrogens is 416 g/mol. The van der Waals surface area contributed by atoms with Gasteiger partial charge in [0.1, 0.15) is 0 Å². The van der Waals surface area contributed by atoms with Crippen LogP contribution in [0.1, 0.15) is 35.7 Å². The third-order valence-electron chi connectivity index (χ3n) is 4.79. The van der Waals surface area contributed by atoms with E-state index in [0.717, 1.165) is 11.8 Å². The molecule has 1 aliphatic heterocycles. The standard InChI is InChI=1S/C22H18N4O4S/c1-13-20(14(2)27)21(16-4-3-9-24-11-16)18(10-23)22(25-13)31-12-19(28)15-5-7-17(8-6-15)26(29)30/h3-9,11,21,25H,12H2,1-2H3/t21-/m0/s1. The highest BCUT2D eigenvalue weighted by molar-refractivity contribution is 8.03. The summed E-state index contributed by atoms with van der Waals surface area (Å²) >= 11 is 1.16. The topological polar surface area (TPSA) is 126 Å². The average molecular weight is 434 g/mol. The average Bonchev–Trinajstić information content (AvgIpc) is 2.77. The predicted molar refractivity (Wildman–Crippen MR) is 116 cm³/mol. The lowest BCUT2D eigenvalue weighted by atomic mass is 9.81. The number of nitrogens with zero attached hydrogens (tertiary/aromatic N) is 3. The number of nitrogens with one attached hydrogen (secondary N) is 1. The van der Waals surface area contributed by atoms with E-state index in [-0.39, 0.29) is 23.0 Å². The number of pyridine rings is 1. The minimum absolute atomic E-state index is 0.0216. The largest absolute Gasteiger partial charge is 0.353 e. The van der Waals surface area contributed by atoms with Gasteiger partial charge in [-0.15, -0.1) is 0 Å². The number of non-ortho nitro benzene ring substituents is 1. The zero-order valence-electron chi connectivity index (χ0n) is 16.8. The Labute approximate surface area is 182 Å². The second kappa shape index (κ2) is 9.36. The summed E-state index contributed by atoms with van der Waals surface area (Å²) in [6, 6.07) is 11.1. The molecule has 1 aliphatic rings. The Hall–Kier alpha value is -3.77. The van der Waals surface area contributed by atoms with Crippen molar-refractivity contribution in [3.05, 3.63) is 91.9 Å². The number of rotatable bonds is 7. The minimum Gasteiger partial charge on any atom is -0.353 e. The number of ketones is 2. The molecule has 0 unspecified atom stereocenters. The monoisotopic (exact) mass is 434 g/mol. The van der Waals surface area contributed by atoms with Crippen LogP contribution in [0.25, 0.3) is 0 Å². The van der Waals surface area contributed by atoms with Crippen LogP contribution in [0.2, 0.25) is 0 Å². The number of nitriles is 1. The molecule has 156 valence electrons. The van der Waals surface area contributed by atoms with Crippen molar-refractivity contribution in [2.75, 3.05) is 5.75 Å². The lowest BCUT2D eigenvalue weighted by molar-refractivity contribution is -0.384. The maximum Gasteiger partial charge on any atom is 0.269 e. The highest BCUT2D eigenvalue weighted by atomic mass is 32.2. The molecule has 0 saturated heterocycles. The first-order chi connectivity index (χ1) is 14.8. The van der Waals surface area contributed by atoms with Crippen molar-refractivity contribution in [3.8, 4) is 6.07 Å². The van der Waals surface area contributed by atoms with Crippen molar-refractivity contribution >= 4 is 29.0 Å². The maximum absolute atomic E-state index is 12.6. The smallest absolute Gasteiger partial charge is 0.269 e. The molecule has 31 heavy (non-hydrogen) atoms. The van der Waals surface area contributed by atoms with Gasteiger partial charge in [-0.2, -0.15) is 5.26 Å². The van der Waals surface area contributed by atoms with Crippen LogP contribution in [-0.2, 0) is 4.79 Å². The second-order valence-corrected chi connectivity index (χ2v) is 7.80. The number of thioether (sulfide) groups is 1. The lowest BCUT2D eigenvalue weighted by Crippen LogP contribution is -2.27. The van der Waals surface area contributed by atoms with E-state index in [0.29, 0.717) is 33.0 Å². The quantitative estimate of drug-likeness (QED) is 0.395. The Morgan fingerprint density at radius 3 is 2.55 bits per heavy atom. The van der Waals surface area contributed by atoms with E-state index < -0.39 is 10.8 Å². The van der Waals surface area contributed by atoms with Crippen LogP contribution in [0.3, 0.4) is 0 Å². The lowest BCUT2D eigenvalue weighted by Gasteiger charge is -2.29. The zero-order chi connectivity index (χ0) is 22.5. The molecule has 3 rings (SSSR count). The molecular formula is C22H18N4O4S. The molecule has 1 aromatic heterocycles. The highest BCUT2D eigenvalue weighted by Crippen LogP contribution is 2.40. The van der Waals surface area contributed by atoms with Gasteiger partial charge < -0.3 is 5.32 Å². The SMILES string of the molecule is CC(=O)C1=C(C)NC(SCC(=O)c2ccc([N+](=O)[O-])cc2)=C(C#N)[C@@H]1c1cccnc1. The number of aromatic nitrogens is 1. The number of carbonyl (C=O) groups is 2. The van der Waals surface area contributed by atoms with Crippen LogP contribution in [0.15, 0.2) is 70.7 Å². The number of carbonyl (C=O) groups excluding carboxylic acids is 2. The number of hydrogen-bond acceptors (Lipinski definition) is 8. The van der Waals surface area contributed by atoms with Gasteiger partial charge in [0, 0.05) is 41.4 Å². The summed E-state index contributed by atoms with van der Waals surface area (Å²) in [7, 11) is 0. The second-order valence-electron chi connectivity index (χ2n) is 6.81. The van der Waals surface area contributed by atoms with E-state index in [1.807, 2.05) is 0 Å². The van der Waals surface area contributed by atoms with E-state index in [4.69, 9.17) is 0 Å². The Morgan fingerprint density at radius 1 is 1.29 bits per heavy atom. The Morgan fingerprint density at radius 2 is 2.00 bits per heavy atom. The van der Waals surface area contributed by atoms with Crippen LogP contribution in [-0.4, -0.2) is 27.2 Å². The molecule has 2 heterocycles. The van der Waals surface area contributed by atoms with E-state index in [2.05, 4.69) is 16.4 Å². The first kappa shape index (κ1) is 21.9. The summed E-state index contributed by atoms with van der Waals surface area (Å²) in [6.45, 7) is 3.21. The number of dihydropyridines is 1. The van der Waals surface area contributed by atoms with Crippen LogP contribution in [0.4, 0.5) is 5.69 Å². The van der Waals surface area contributed by atoms with E-state index >= 15 is 0 Å². The van der Waals surface area contributed by atoms with E-state index in [9.17, 15) is 25.0 Å². The number of nitro groups is 1. The van der Waals surface area contributed by atoms with Crippen LogP contribution >= 0.6 is 11.8 Å². The zero-order valence-corrected chi connectivity index (χ0v) is 17.6. The summed E-state index contributed by atoms with van der Waals surface area (Å²) in [5.74, 6) is -0.941. The fourth-order valence-corrected chi connectivity index (χ4v) is 4.35. The fraction of sp³-hybridized carbons (Fsp3) is 0.182.